The van der Waals surface area contributed by atoms with Crippen LogP contribution in [0.5, 0.6) is 0 Å². The highest BCUT2D eigenvalue weighted by Crippen LogP contribution is 2.19. The van der Waals surface area contributed by atoms with E-state index in [2.05, 4.69) is 13.2 Å². The molecule has 0 heterocycles. The van der Waals surface area contributed by atoms with Gasteiger partial charge >= 0.3 is 5.97 Å². The summed E-state index contributed by atoms with van der Waals surface area (Å²) in [6.45, 7) is 18.6. The summed E-state index contributed by atoms with van der Waals surface area (Å²) >= 11 is 0. The summed E-state index contributed by atoms with van der Waals surface area (Å²) in [5.41, 5.74) is -0.497. The van der Waals surface area contributed by atoms with Gasteiger partial charge in [0.2, 0.25) is 0 Å². The first-order valence-corrected chi connectivity index (χ1v) is 7.70. The number of ketones is 1. The third kappa shape index (κ3) is 8.67. The zero-order chi connectivity index (χ0) is 18.3. The third-order valence-corrected chi connectivity index (χ3v) is 3.26. The molecule has 0 aliphatic carbocycles. The second kappa shape index (κ2) is 8.99. The van der Waals surface area contributed by atoms with Gasteiger partial charge in [0, 0.05) is 5.57 Å². The molecule has 0 aliphatic rings. The van der Waals surface area contributed by atoms with Crippen molar-refractivity contribution in [3.63, 3.8) is 0 Å². The Bertz CT molecular complexity index is 460. The van der Waals surface area contributed by atoms with Gasteiger partial charge in [-0.3, -0.25) is 4.79 Å². The predicted octanol–water partition coefficient (Wildman–Crippen LogP) is 3.23. The van der Waals surface area contributed by atoms with Gasteiger partial charge in [-0.1, -0.05) is 13.2 Å². The van der Waals surface area contributed by atoms with Gasteiger partial charge in [0.1, 0.15) is 12.2 Å². The van der Waals surface area contributed by atoms with E-state index >= 15 is 0 Å². The Morgan fingerprint density at radius 2 is 1.43 bits per heavy atom. The fourth-order valence-corrected chi connectivity index (χ4v) is 1.78. The fourth-order valence-electron chi connectivity index (χ4n) is 1.78. The molecule has 0 rings (SSSR count). The Labute approximate surface area is 139 Å². The Hall–Kier alpha value is -1.46. The normalized spacial score (nSPS) is 11.9. The van der Waals surface area contributed by atoms with Crippen LogP contribution in [0.15, 0.2) is 24.3 Å². The molecule has 0 radical (unpaired) electrons. The highest BCUT2D eigenvalue weighted by atomic mass is 16.6. The van der Waals surface area contributed by atoms with Gasteiger partial charge in [0.25, 0.3) is 0 Å². The maximum Gasteiger partial charge on any atom is 0.333 e. The molecule has 0 aliphatic heterocycles. The SMILES string of the molecule is C=C(C)C(=O)OCCOC(C)(C)CCOC(C)(C)C(=O)C(=C)C. The number of hydrogen-bond acceptors (Lipinski definition) is 5. The van der Waals surface area contributed by atoms with Crippen molar-refractivity contribution in [2.75, 3.05) is 19.8 Å². The van der Waals surface area contributed by atoms with E-state index in [-0.39, 0.29) is 12.4 Å². The van der Waals surface area contributed by atoms with Crippen molar-refractivity contribution in [3.05, 3.63) is 24.3 Å². The number of rotatable bonds is 11. The van der Waals surface area contributed by atoms with E-state index < -0.39 is 17.2 Å². The topological polar surface area (TPSA) is 61.8 Å². The Morgan fingerprint density at radius 3 is 1.91 bits per heavy atom. The molecule has 0 aromatic heterocycles. The van der Waals surface area contributed by atoms with E-state index in [4.69, 9.17) is 14.2 Å². The van der Waals surface area contributed by atoms with Crippen LogP contribution in [0.25, 0.3) is 0 Å². The summed E-state index contributed by atoms with van der Waals surface area (Å²) in [5, 5.41) is 0. The van der Waals surface area contributed by atoms with Gasteiger partial charge in [-0.25, -0.2) is 4.79 Å². The van der Waals surface area contributed by atoms with Gasteiger partial charge in [-0.2, -0.15) is 0 Å². The third-order valence-electron chi connectivity index (χ3n) is 3.26. The van der Waals surface area contributed by atoms with Crippen LogP contribution in [-0.2, 0) is 23.8 Å². The molecule has 0 saturated heterocycles. The van der Waals surface area contributed by atoms with Crippen LogP contribution in [0.3, 0.4) is 0 Å². The smallest absolute Gasteiger partial charge is 0.333 e. The van der Waals surface area contributed by atoms with Gasteiger partial charge < -0.3 is 14.2 Å². The summed E-state index contributed by atoms with van der Waals surface area (Å²) in [5.74, 6) is -0.530. The summed E-state index contributed by atoms with van der Waals surface area (Å²) in [6.07, 6.45) is 0.605. The first-order chi connectivity index (χ1) is 10.4. The quantitative estimate of drug-likeness (QED) is 0.331. The molecular weight excluding hydrogens is 296 g/mol. The molecule has 0 aromatic carbocycles. The van der Waals surface area contributed by atoms with Crippen LogP contribution in [-0.4, -0.2) is 42.8 Å². The molecule has 5 heteroatoms. The Kier molecular flexibility index (Phi) is 8.42. The predicted molar refractivity (Wildman–Crippen MR) is 90.3 cm³/mol. The minimum atomic E-state index is -0.890. The number of carbonyl (C=O) groups is 2. The van der Waals surface area contributed by atoms with Crippen molar-refractivity contribution >= 4 is 11.8 Å². The molecule has 0 bridgehead atoms. The lowest BCUT2D eigenvalue weighted by Gasteiger charge is -2.29. The van der Waals surface area contributed by atoms with Gasteiger partial charge in [-0.05, 0) is 53.5 Å². The Morgan fingerprint density at radius 1 is 0.870 bits per heavy atom. The standard InChI is InChI=1S/C18H30O5/c1-13(2)15(19)18(7,8)23-10-9-17(5,6)22-12-11-21-16(20)14(3)4/h1,3,9-12H2,2,4-8H3. The highest BCUT2D eigenvalue weighted by molar-refractivity contribution is 6.00. The number of carbonyl (C=O) groups excluding carboxylic acids is 2. The summed E-state index contributed by atoms with van der Waals surface area (Å²) < 4.78 is 16.3. The Balaban J connectivity index is 4.14. The van der Waals surface area contributed by atoms with Crippen molar-refractivity contribution in [1.82, 2.24) is 0 Å². The molecule has 0 fully saturated rings. The minimum Gasteiger partial charge on any atom is -0.460 e. The molecule has 0 atom stereocenters. The zero-order valence-corrected chi connectivity index (χ0v) is 15.3. The van der Waals surface area contributed by atoms with Gasteiger partial charge in [0.05, 0.1) is 18.8 Å². The maximum absolute atomic E-state index is 11.9. The molecule has 0 amide bonds. The monoisotopic (exact) mass is 326 g/mol. The molecule has 0 N–H and O–H groups in total. The molecule has 0 aromatic rings. The average Bonchev–Trinajstić information content (AvgIpc) is 2.41. The van der Waals surface area contributed by atoms with Crippen LogP contribution < -0.4 is 0 Å². The fraction of sp³-hybridized carbons (Fsp3) is 0.667. The van der Waals surface area contributed by atoms with E-state index in [1.54, 1.807) is 27.7 Å². The van der Waals surface area contributed by atoms with E-state index in [9.17, 15) is 9.59 Å². The van der Waals surface area contributed by atoms with Crippen LogP contribution in [0.4, 0.5) is 0 Å². The summed E-state index contributed by atoms with van der Waals surface area (Å²) in [7, 11) is 0. The number of Topliss-reactive ketones (excluding diaryl/α,β-unsaturated/α-hetero) is 1. The van der Waals surface area contributed by atoms with Crippen molar-refractivity contribution in [2.24, 2.45) is 0 Å². The summed E-state index contributed by atoms with van der Waals surface area (Å²) in [4.78, 5) is 23.2. The van der Waals surface area contributed by atoms with Crippen molar-refractivity contribution in [1.29, 1.82) is 0 Å². The lowest BCUT2D eigenvalue weighted by molar-refractivity contribution is -0.144. The van der Waals surface area contributed by atoms with Crippen molar-refractivity contribution < 1.29 is 23.8 Å². The molecule has 0 unspecified atom stereocenters. The van der Waals surface area contributed by atoms with Gasteiger partial charge in [-0.15, -0.1) is 0 Å². The molecule has 23 heavy (non-hydrogen) atoms. The second-order valence-electron chi connectivity index (χ2n) is 6.74. The number of ether oxygens (including phenoxy) is 3. The number of esters is 1. The average molecular weight is 326 g/mol. The van der Waals surface area contributed by atoms with Crippen molar-refractivity contribution in [2.45, 2.75) is 59.2 Å². The molecule has 0 saturated carbocycles. The highest BCUT2D eigenvalue weighted by Gasteiger charge is 2.29. The first-order valence-electron chi connectivity index (χ1n) is 7.70. The summed E-state index contributed by atoms with van der Waals surface area (Å²) in [6, 6.07) is 0. The van der Waals surface area contributed by atoms with Crippen LogP contribution in [0.2, 0.25) is 0 Å². The molecular formula is C18H30O5. The molecule has 5 nitrogen and oxygen atoms in total. The van der Waals surface area contributed by atoms with Gasteiger partial charge in [0.15, 0.2) is 5.78 Å². The maximum atomic E-state index is 11.9. The van der Waals surface area contributed by atoms with Crippen LogP contribution >= 0.6 is 0 Å². The van der Waals surface area contributed by atoms with E-state index in [0.717, 1.165) is 0 Å². The number of hydrogen-bond donors (Lipinski definition) is 0. The van der Waals surface area contributed by atoms with Crippen LogP contribution in [0, 0.1) is 0 Å². The lowest BCUT2D eigenvalue weighted by Crippen LogP contribution is -2.37. The molecule has 0 spiro atoms. The lowest BCUT2D eigenvalue weighted by atomic mass is 9.98. The van der Waals surface area contributed by atoms with E-state index in [1.165, 1.54) is 0 Å². The van der Waals surface area contributed by atoms with Crippen LogP contribution in [0.1, 0.15) is 48.0 Å². The first kappa shape index (κ1) is 21.5. The van der Waals surface area contributed by atoms with E-state index in [1.807, 2.05) is 13.8 Å². The van der Waals surface area contributed by atoms with E-state index in [0.29, 0.717) is 30.8 Å². The largest absolute Gasteiger partial charge is 0.460 e. The van der Waals surface area contributed by atoms with Crippen molar-refractivity contribution in [3.8, 4) is 0 Å². The minimum absolute atomic E-state index is 0.108. The second-order valence-corrected chi connectivity index (χ2v) is 6.74. The zero-order valence-electron chi connectivity index (χ0n) is 15.3. The molecule has 132 valence electrons.